The smallest absolute Gasteiger partial charge is 0.223 e. The van der Waals surface area contributed by atoms with Crippen molar-refractivity contribution in [3.05, 3.63) is 34.6 Å². The summed E-state index contributed by atoms with van der Waals surface area (Å²) in [7, 11) is 0. The highest BCUT2D eigenvalue weighted by atomic mass is 35.5. The molecule has 2 atom stereocenters. The summed E-state index contributed by atoms with van der Waals surface area (Å²) in [6, 6.07) is 4.63. The van der Waals surface area contributed by atoms with Crippen molar-refractivity contribution in [2.24, 2.45) is 5.92 Å². The van der Waals surface area contributed by atoms with Gasteiger partial charge in [0.25, 0.3) is 0 Å². The van der Waals surface area contributed by atoms with Crippen LogP contribution in [0.2, 0.25) is 5.02 Å². The molecular weight excluding hydrogens is 302 g/mol. The molecule has 0 saturated heterocycles. The van der Waals surface area contributed by atoms with E-state index in [1.54, 1.807) is 12.1 Å². The Hall–Kier alpha value is -0.840. The van der Waals surface area contributed by atoms with E-state index in [9.17, 15) is 9.18 Å². The average Bonchev–Trinajstić information content (AvgIpc) is 3.14. The zero-order valence-corrected chi connectivity index (χ0v) is 12.9. The second kappa shape index (κ2) is 7.81. The lowest BCUT2D eigenvalue weighted by molar-refractivity contribution is -0.122. The van der Waals surface area contributed by atoms with Gasteiger partial charge in [-0.3, -0.25) is 4.79 Å². The molecular formula is C14H19Cl2FN2O. The molecule has 2 rings (SSSR count). The lowest BCUT2D eigenvalue weighted by atomic mass is 10.1. The molecule has 1 saturated carbocycles. The molecule has 20 heavy (non-hydrogen) atoms. The fraction of sp³-hybridized carbons (Fsp3) is 0.500. The van der Waals surface area contributed by atoms with Crippen LogP contribution in [0.3, 0.4) is 0 Å². The molecule has 1 aliphatic rings. The predicted octanol–water partition coefficient (Wildman–Crippen LogP) is 2.73. The number of benzene rings is 1. The minimum Gasteiger partial charge on any atom is -0.355 e. The van der Waals surface area contributed by atoms with E-state index in [1.807, 2.05) is 6.92 Å². The third-order valence-electron chi connectivity index (χ3n) is 3.35. The Morgan fingerprint density at radius 2 is 2.20 bits per heavy atom. The fourth-order valence-electron chi connectivity index (χ4n) is 2.25. The topological polar surface area (TPSA) is 41.1 Å². The predicted molar refractivity (Wildman–Crippen MR) is 81.1 cm³/mol. The molecule has 1 aromatic rings. The highest BCUT2D eigenvalue weighted by Gasteiger charge is 2.45. The van der Waals surface area contributed by atoms with Crippen LogP contribution in [-0.4, -0.2) is 25.5 Å². The van der Waals surface area contributed by atoms with Gasteiger partial charge in [-0.1, -0.05) is 24.6 Å². The Balaban J connectivity index is 0.00000200. The summed E-state index contributed by atoms with van der Waals surface area (Å²) in [6.07, 6.45) is 0.674. The molecule has 2 N–H and O–H groups in total. The molecule has 0 aliphatic heterocycles. The fourth-order valence-corrected chi connectivity index (χ4v) is 2.55. The number of carbonyl (C=O) groups excluding carboxylic acids is 1. The lowest BCUT2D eigenvalue weighted by Crippen LogP contribution is -2.32. The second-order valence-corrected chi connectivity index (χ2v) is 5.14. The first-order valence-corrected chi connectivity index (χ1v) is 6.95. The summed E-state index contributed by atoms with van der Waals surface area (Å²) in [4.78, 5) is 11.9. The maximum atomic E-state index is 13.7. The first-order valence-electron chi connectivity index (χ1n) is 6.57. The van der Waals surface area contributed by atoms with Gasteiger partial charge in [-0.2, -0.15) is 0 Å². The van der Waals surface area contributed by atoms with E-state index in [1.165, 1.54) is 6.07 Å². The standard InChI is InChI=1S/C14H18ClFN2O.ClH/c1-2-17-6-7-18-14(19)10-8-9(10)13-11(15)4-3-5-12(13)16;/h3-5,9-10,17H,2,6-8H2,1H3,(H,18,19);1H. The van der Waals surface area contributed by atoms with Crippen LogP contribution >= 0.6 is 24.0 Å². The molecule has 0 spiro atoms. The van der Waals surface area contributed by atoms with Gasteiger partial charge in [0.1, 0.15) is 5.82 Å². The molecule has 1 amide bonds. The van der Waals surface area contributed by atoms with E-state index in [2.05, 4.69) is 10.6 Å². The Labute approximate surface area is 129 Å². The zero-order chi connectivity index (χ0) is 13.8. The van der Waals surface area contributed by atoms with Gasteiger partial charge in [0.05, 0.1) is 0 Å². The molecule has 0 aromatic heterocycles. The minimum atomic E-state index is -0.319. The average molecular weight is 321 g/mol. The number of hydrogen-bond donors (Lipinski definition) is 2. The third kappa shape index (κ3) is 4.08. The number of amides is 1. The molecule has 2 unspecified atom stereocenters. The molecule has 1 fully saturated rings. The van der Waals surface area contributed by atoms with Gasteiger partial charge in [-0.05, 0) is 25.1 Å². The minimum absolute atomic E-state index is 0. The van der Waals surface area contributed by atoms with Crippen LogP contribution in [0, 0.1) is 11.7 Å². The Morgan fingerprint density at radius 1 is 1.45 bits per heavy atom. The van der Waals surface area contributed by atoms with Crippen LogP contribution < -0.4 is 10.6 Å². The number of carbonyl (C=O) groups is 1. The van der Waals surface area contributed by atoms with E-state index in [0.717, 1.165) is 13.1 Å². The van der Waals surface area contributed by atoms with Crippen molar-refractivity contribution >= 4 is 29.9 Å². The number of nitrogens with one attached hydrogen (secondary N) is 2. The van der Waals surface area contributed by atoms with Crippen molar-refractivity contribution < 1.29 is 9.18 Å². The van der Waals surface area contributed by atoms with Crippen LogP contribution in [-0.2, 0) is 4.79 Å². The summed E-state index contributed by atoms with van der Waals surface area (Å²) in [5.41, 5.74) is 0.482. The Morgan fingerprint density at radius 3 is 2.85 bits per heavy atom. The van der Waals surface area contributed by atoms with E-state index >= 15 is 0 Å². The maximum Gasteiger partial charge on any atom is 0.223 e. The van der Waals surface area contributed by atoms with Gasteiger partial charge in [-0.25, -0.2) is 4.39 Å². The molecule has 6 heteroatoms. The molecule has 1 aromatic carbocycles. The monoisotopic (exact) mass is 320 g/mol. The van der Waals surface area contributed by atoms with Crippen molar-refractivity contribution in [1.29, 1.82) is 0 Å². The Kier molecular flexibility index (Phi) is 6.72. The van der Waals surface area contributed by atoms with Crippen LogP contribution in [0.15, 0.2) is 18.2 Å². The zero-order valence-electron chi connectivity index (χ0n) is 11.3. The highest BCUT2D eigenvalue weighted by molar-refractivity contribution is 6.31. The molecule has 0 radical (unpaired) electrons. The van der Waals surface area contributed by atoms with Crippen LogP contribution in [0.4, 0.5) is 4.39 Å². The van der Waals surface area contributed by atoms with Gasteiger partial charge < -0.3 is 10.6 Å². The normalized spacial score (nSPS) is 20.1. The van der Waals surface area contributed by atoms with E-state index in [-0.39, 0.29) is 36.0 Å². The van der Waals surface area contributed by atoms with Crippen molar-refractivity contribution in [3.63, 3.8) is 0 Å². The van der Waals surface area contributed by atoms with E-state index in [4.69, 9.17) is 11.6 Å². The third-order valence-corrected chi connectivity index (χ3v) is 3.68. The van der Waals surface area contributed by atoms with Gasteiger partial charge in [0.15, 0.2) is 0 Å². The van der Waals surface area contributed by atoms with Crippen molar-refractivity contribution in [1.82, 2.24) is 10.6 Å². The number of likely N-dealkylation sites (N-methyl/N-ethyl adjacent to an activating group) is 1. The maximum absolute atomic E-state index is 13.7. The first kappa shape index (κ1) is 17.2. The molecule has 3 nitrogen and oxygen atoms in total. The van der Waals surface area contributed by atoms with Crippen molar-refractivity contribution in [2.75, 3.05) is 19.6 Å². The molecule has 0 bridgehead atoms. The quantitative estimate of drug-likeness (QED) is 0.791. The van der Waals surface area contributed by atoms with Gasteiger partial charge in [0.2, 0.25) is 5.91 Å². The summed E-state index contributed by atoms with van der Waals surface area (Å²) in [5.74, 6) is -0.550. The van der Waals surface area contributed by atoms with Crippen molar-refractivity contribution in [2.45, 2.75) is 19.3 Å². The lowest BCUT2D eigenvalue weighted by Gasteiger charge is -2.07. The van der Waals surface area contributed by atoms with Crippen LogP contribution in [0.25, 0.3) is 0 Å². The van der Waals surface area contributed by atoms with Gasteiger partial charge >= 0.3 is 0 Å². The highest BCUT2D eigenvalue weighted by Crippen LogP contribution is 2.50. The Bertz CT molecular complexity index is 450. The SMILES string of the molecule is CCNCCNC(=O)C1CC1c1c(F)cccc1Cl.Cl. The van der Waals surface area contributed by atoms with Gasteiger partial charge in [0, 0.05) is 35.5 Å². The molecule has 112 valence electrons. The van der Waals surface area contributed by atoms with Crippen LogP contribution in [0.5, 0.6) is 0 Å². The summed E-state index contributed by atoms with van der Waals surface area (Å²) >= 11 is 6.00. The van der Waals surface area contributed by atoms with E-state index in [0.29, 0.717) is 23.6 Å². The molecule has 1 aliphatic carbocycles. The van der Waals surface area contributed by atoms with Crippen molar-refractivity contribution in [3.8, 4) is 0 Å². The summed E-state index contributed by atoms with van der Waals surface area (Å²) in [6.45, 7) is 4.24. The number of halogens is 3. The van der Waals surface area contributed by atoms with Crippen LogP contribution in [0.1, 0.15) is 24.8 Å². The van der Waals surface area contributed by atoms with E-state index < -0.39 is 0 Å². The molecule has 0 heterocycles. The number of hydrogen-bond acceptors (Lipinski definition) is 2. The van der Waals surface area contributed by atoms with Gasteiger partial charge in [-0.15, -0.1) is 12.4 Å². The first-order chi connectivity index (χ1) is 9.15. The summed E-state index contributed by atoms with van der Waals surface area (Å²) < 4.78 is 13.7. The largest absolute Gasteiger partial charge is 0.355 e. The number of rotatable bonds is 6. The summed E-state index contributed by atoms with van der Waals surface area (Å²) in [5, 5.41) is 6.39. The second-order valence-electron chi connectivity index (χ2n) is 4.73.